The number of hydrogen-bond acceptors (Lipinski definition) is 5. The van der Waals surface area contributed by atoms with Crippen molar-refractivity contribution in [1.29, 1.82) is 0 Å². The summed E-state index contributed by atoms with van der Waals surface area (Å²) >= 11 is 0. The predicted octanol–water partition coefficient (Wildman–Crippen LogP) is -1.29. The van der Waals surface area contributed by atoms with E-state index in [0.717, 1.165) is 0 Å². The third-order valence-electron chi connectivity index (χ3n) is 2.99. The molecule has 1 saturated heterocycles. The molecule has 8 heteroatoms. The lowest BCUT2D eigenvalue weighted by atomic mass is 10.1. The molecule has 0 unspecified atom stereocenters. The van der Waals surface area contributed by atoms with Crippen LogP contribution in [-0.2, 0) is 14.4 Å². The van der Waals surface area contributed by atoms with Crippen LogP contribution in [0.5, 0.6) is 0 Å². The molecule has 2 amide bonds. The standard InChI is InChI=1S/C11H14N4O4/c16-9-2-1-7(14-9)10(17)15-8(11(18)19)3-6-4-12-5-13-6/h4-8H,1-3H2,(H,14,16)(H,15,17)(H,18,19)/t6-,7-,8+/m1/s1. The maximum atomic E-state index is 11.8. The number of aliphatic imine (C=N–C) groups is 2. The Morgan fingerprint density at radius 3 is 2.89 bits per heavy atom. The van der Waals surface area contributed by atoms with Gasteiger partial charge in [0.05, 0.1) is 6.04 Å². The maximum Gasteiger partial charge on any atom is 0.326 e. The van der Waals surface area contributed by atoms with Gasteiger partial charge in [-0.05, 0) is 6.42 Å². The number of carbonyl (C=O) groups excluding carboxylic acids is 2. The van der Waals surface area contributed by atoms with Crippen molar-refractivity contribution in [1.82, 2.24) is 10.6 Å². The second kappa shape index (κ2) is 5.59. The fourth-order valence-electron chi connectivity index (χ4n) is 1.97. The first-order valence-electron chi connectivity index (χ1n) is 5.94. The monoisotopic (exact) mass is 266 g/mol. The van der Waals surface area contributed by atoms with Gasteiger partial charge in [0.15, 0.2) is 0 Å². The molecule has 2 aliphatic heterocycles. The van der Waals surface area contributed by atoms with Crippen molar-refractivity contribution in [3.8, 4) is 0 Å². The first-order valence-corrected chi connectivity index (χ1v) is 5.94. The first kappa shape index (κ1) is 13.2. The van der Waals surface area contributed by atoms with Crippen LogP contribution in [0.2, 0.25) is 0 Å². The molecule has 0 spiro atoms. The van der Waals surface area contributed by atoms with Crippen LogP contribution in [0, 0.1) is 0 Å². The molecule has 2 aliphatic rings. The van der Waals surface area contributed by atoms with Crippen LogP contribution in [0.15, 0.2) is 9.98 Å². The Hall–Kier alpha value is -2.25. The highest BCUT2D eigenvalue weighted by Gasteiger charge is 2.31. The van der Waals surface area contributed by atoms with Crippen LogP contribution < -0.4 is 10.6 Å². The van der Waals surface area contributed by atoms with E-state index < -0.39 is 24.0 Å². The second-order valence-corrected chi connectivity index (χ2v) is 4.42. The van der Waals surface area contributed by atoms with E-state index in [2.05, 4.69) is 20.6 Å². The van der Waals surface area contributed by atoms with Gasteiger partial charge < -0.3 is 15.7 Å². The molecular formula is C11H14N4O4. The molecule has 1 fully saturated rings. The van der Waals surface area contributed by atoms with Gasteiger partial charge in [0.2, 0.25) is 11.8 Å². The van der Waals surface area contributed by atoms with Gasteiger partial charge in [0, 0.05) is 19.1 Å². The minimum Gasteiger partial charge on any atom is -0.480 e. The summed E-state index contributed by atoms with van der Waals surface area (Å²) in [5.41, 5.74) is 0. The number of aliphatic carboxylic acids is 1. The average Bonchev–Trinajstić information content (AvgIpc) is 2.99. The highest BCUT2D eigenvalue weighted by molar-refractivity contribution is 5.93. The number of nitrogens with one attached hydrogen (secondary N) is 2. The topological polar surface area (TPSA) is 120 Å². The first-order chi connectivity index (χ1) is 9.06. The van der Waals surface area contributed by atoms with E-state index in [-0.39, 0.29) is 24.8 Å². The van der Waals surface area contributed by atoms with Crippen LogP contribution in [0.3, 0.4) is 0 Å². The Kier molecular flexibility index (Phi) is 3.88. The number of amides is 2. The predicted molar refractivity (Wildman–Crippen MR) is 66.1 cm³/mol. The number of carboxylic acids is 1. The fraction of sp³-hybridized carbons (Fsp3) is 0.545. The molecule has 0 aromatic carbocycles. The molecule has 0 aromatic rings. The molecule has 8 nitrogen and oxygen atoms in total. The van der Waals surface area contributed by atoms with Crippen LogP contribution in [0.1, 0.15) is 19.3 Å². The van der Waals surface area contributed by atoms with Gasteiger partial charge in [-0.25, -0.2) is 9.79 Å². The van der Waals surface area contributed by atoms with Crippen LogP contribution >= 0.6 is 0 Å². The molecule has 0 saturated carbocycles. The summed E-state index contributed by atoms with van der Waals surface area (Å²) in [7, 11) is 0. The van der Waals surface area contributed by atoms with Gasteiger partial charge >= 0.3 is 5.97 Å². The number of hydrogen-bond donors (Lipinski definition) is 3. The Morgan fingerprint density at radius 2 is 2.37 bits per heavy atom. The largest absolute Gasteiger partial charge is 0.480 e. The van der Waals surface area contributed by atoms with Crippen molar-refractivity contribution in [3.05, 3.63) is 0 Å². The van der Waals surface area contributed by atoms with Crippen molar-refractivity contribution in [2.75, 3.05) is 0 Å². The molecule has 2 rings (SSSR count). The maximum absolute atomic E-state index is 11.8. The third kappa shape index (κ3) is 3.36. The molecule has 0 radical (unpaired) electrons. The zero-order chi connectivity index (χ0) is 13.8. The second-order valence-electron chi connectivity index (χ2n) is 4.42. The van der Waals surface area contributed by atoms with E-state index in [1.165, 1.54) is 12.6 Å². The summed E-state index contributed by atoms with van der Waals surface area (Å²) < 4.78 is 0. The van der Waals surface area contributed by atoms with Crippen molar-refractivity contribution in [3.63, 3.8) is 0 Å². The highest BCUT2D eigenvalue weighted by atomic mass is 16.4. The summed E-state index contributed by atoms with van der Waals surface area (Å²) in [6, 6.07) is -2.02. The van der Waals surface area contributed by atoms with Crippen LogP contribution in [-0.4, -0.2) is 53.6 Å². The summed E-state index contributed by atoms with van der Waals surface area (Å²) in [5.74, 6) is -1.80. The Morgan fingerprint density at radius 1 is 1.58 bits per heavy atom. The minimum atomic E-state index is -1.13. The van der Waals surface area contributed by atoms with E-state index in [0.29, 0.717) is 6.42 Å². The van der Waals surface area contributed by atoms with E-state index in [9.17, 15) is 14.4 Å². The lowest BCUT2D eigenvalue weighted by Gasteiger charge is -2.18. The van der Waals surface area contributed by atoms with Crippen LogP contribution in [0.4, 0.5) is 0 Å². The number of carbonyl (C=O) groups is 3. The van der Waals surface area contributed by atoms with Crippen LogP contribution in [0.25, 0.3) is 0 Å². The number of rotatable bonds is 5. The van der Waals surface area contributed by atoms with Crippen molar-refractivity contribution < 1.29 is 19.5 Å². The van der Waals surface area contributed by atoms with E-state index in [1.54, 1.807) is 0 Å². The van der Waals surface area contributed by atoms with E-state index >= 15 is 0 Å². The molecule has 19 heavy (non-hydrogen) atoms. The van der Waals surface area contributed by atoms with Gasteiger partial charge in [-0.2, -0.15) is 0 Å². The third-order valence-corrected chi connectivity index (χ3v) is 2.99. The lowest BCUT2D eigenvalue weighted by molar-refractivity contribution is -0.142. The molecule has 102 valence electrons. The molecular weight excluding hydrogens is 252 g/mol. The summed E-state index contributed by atoms with van der Waals surface area (Å²) in [4.78, 5) is 41.6. The van der Waals surface area contributed by atoms with Crippen molar-refractivity contribution >= 4 is 30.3 Å². The highest BCUT2D eigenvalue weighted by Crippen LogP contribution is 2.09. The number of nitrogens with zero attached hydrogens (tertiary/aromatic N) is 2. The molecule has 0 aromatic heterocycles. The van der Waals surface area contributed by atoms with Crippen molar-refractivity contribution in [2.24, 2.45) is 9.98 Å². The molecule has 0 aliphatic carbocycles. The summed E-state index contributed by atoms with van der Waals surface area (Å²) in [5, 5.41) is 14.0. The smallest absolute Gasteiger partial charge is 0.326 e. The molecule has 3 atom stereocenters. The van der Waals surface area contributed by atoms with Gasteiger partial charge in [0.1, 0.15) is 18.4 Å². The van der Waals surface area contributed by atoms with Gasteiger partial charge in [-0.15, -0.1) is 0 Å². The zero-order valence-electron chi connectivity index (χ0n) is 10.1. The fourth-order valence-corrected chi connectivity index (χ4v) is 1.97. The van der Waals surface area contributed by atoms with Crippen molar-refractivity contribution in [2.45, 2.75) is 37.4 Å². The SMILES string of the molecule is O=C1CC[C@H](C(=O)N[C@@H](C[C@@H]2C=NC=N2)C(=O)O)N1. The quantitative estimate of drug-likeness (QED) is 0.573. The average molecular weight is 266 g/mol. The molecule has 2 heterocycles. The normalized spacial score (nSPS) is 26.2. The van der Waals surface area contributed by atoms with Gasteiger partial charge in [0.25, 0.3) is 0 Å². The number of carboxylic acid groups (broad SMARTS) is 1. The summed E-state index contributed by atoms with van der Waals surface area (Å²) in [6.07, 6.45) is 3.69. The summed E-state index contributed by atoms with van der Waals surface area (Å²) in [6.45, 7) is 0. The Labute approximate surface area is 109 Å². The minimum absolute atomic E-state index is 0.141. The zero-order valence-corrected chi connectivity index (χ0v) is 10.1. The molecule has 0 bridgehead atoms. The Bertz CT molecular complexity index is 448. The lowest BCUT2D eigenvalue weighted by Crippen LogP contribution is -2.49. The van der Waals surface area contributed by atoms with Gasteiger partial charge in [-0.3, -0.25) is 14.6 Å². The Balaban J connectivity index is 1.90. The van der Waals surface area contributed by atoms with Gasteiger partial charge in [-0.1, -0.05) is 0 Å². The van der Waals surface area contributed by atoms with E-state index in [1.807, 2.05) is 0 Å². The van der Waals surface area contributed by atoms with E-state index in [4.69, 9.17) is 5.11 Å². The molecule has 3 N–H and O–H groups in total.